The summed E-state index contributed by atoms with van der Waals surface area (Å²) in [4.78, 5) is 14.0. The van der Waals surface area contributed by atoms with E-state index >= 15 is 0 Å². The van der Waals surface area contributed by atoms with Gasteiger partial charge < -0.3 is 4.74 Å². The molecule has 0 amide bonds. The van der Waals surface area contributed by atoms with Gasteiger partial charge in [0.15, 0.2) is 9.84 Å². The van der Waals surface area contributed by atoms with E-state index in [1.54, 1.807) is 0 Å². The molecular formula is C12H10N2O5S. The summed E-state index contributed by atoms with van der Waals surface area (Å²) in [6.07, 6.45) is 2.41. The van der Waals surface area contributed by atoms with Crippen LogP contribution < -0.4 is 4.74 Å². The highest BCUT2D eigenvalue weighted by atomic mass is 32.2. The second-order valence-corrected chi connectivity index (χ2v) is 5.95. The van der Waals surface area contributed by atoms with Crippen LogP contribution in [-0.4, -0.2) is 24.6 Å². The fourth-order valence-electron chi connectivity index (χ4n) is 1.48. The Kier molecular flexibility index (Phi) is 3.66. The van der Waals surface area contributed by atoms with Gasteiger partial charge in [-0.15, -0.1) is 0 Å². The highest BCUT2D eigenvalue weighted by Gasteiger charge is 2.17. The van der Waals surface area contributed by atoms with Crippen molar-refractivity contribution in [2.45, 2.75) is 4.90 Å². The van der Waals surface area contributed by atoms with Gasteiger partial charge in [0.05, 0.1) is 9.82 Å². The van der Waals surface area contributed by atoms with Crippen molar-refractivity contribution in [1.29, 1.82) is 0 Å². The lowest BCUT2D eigenvalue weighted by Crippen LogP contribution is -1.98. The van der Waals surface area contributed by atoms with Crippen molar-refractivity contribution in [3.05, 3.63) is 52.7 Å². The second-order valence-electron chi connectivity index (χ2n) is 3.93. The van der Waals surface area contributed by atoms with Crippen LogP contribution in [0.1, 0.15) is 0 Å². The van der Waals surface area contributed by atoms with E-state index in [0.717, 1.165) is 6.26 Å². The van der Waals surface area contributed by atoms with E-state index in [0.29, 0.717) is 0 Å². The third-order valence-corrected chi connectivity index (χ3v) is 3.51. The standard InChI is InChI=1S/C12H10N2O5S/c1-20(17,18)10-5-2-4-9(8-10)19-12-11(14(15)16)6-3-7-13-12/h2-8H,1H3. The lowest BCUT2D eigenvalue weighted by Gasteiger charge is -2.06. The number of benzene rings is 1. The van der Waals surface area contributed by atoms with E-state index in [1.165, 1.54) is 42.6 Å². The van der Waals surface area contributed by atoms with Crippen LogP contribution in [0.5, 0.6) is 11.6 Å². The predicted octanol–water partition coefficient (Wildman–Crippen LogP) is 2.19. The number of hydrogen-bond acceptors (Lipinski definition) is 6. The molecule has 0 saturated carbocycles. The van der Waals surface area contributed by atoms with Gasteiger partial charge in [-0.3, -0.25) is 10.1 Å². The first-order valence-electron chi connectivity index (χ1n) is 5.45. The quantitative estimate of drug-likeness (QED) is 0.633. The third-order valence-electron chi connectivity index (χ3n) is 2.40. The lowest BCUT2D eigenvalue weighted by molar-refractivity contribution is -0.386. The molecule has 0 bridgehead atoms. The zero-order valence-electron chi connectivity index (χ0n) is 10.4. The van der Waals surface area contributed by atoms with Gasteiger partial charge in [0.25, 0.3) is 5.88 Å². The zero-order chi connectivity index (χ0) is 14.8. The number of pyridine rings is 1. The summed E-state index contributed by atoms with van der Waals surface area (Å²) in [5, 5.41) is 10.8. The summed E-state index contributed by atoms with van der Waals surface area (Å²) in [5.41, 5.74) is -0.294. The highest BCUT2D eigenvalue weighted by Crippen LogP contribution is 2.29. The Morgan fingerprint density at radius 2 is 2.00 bits per heavy atom. The van der Waals surface area contributed by atoms with Crippen LogP contribution >= 0.6 is 0 Å². The number of sulfone groups is 1. The van der Waals surface area contributed by atoms with Crippen molar-refractivity contribution in [1.82, 2.24) is 4.98 Å². The van der Waals surface area contributed by atoms with Crippen LogP contribution in [0.15, 0.2) is 47.5 Å². The molecule has 0 atom stereocenters. The van der Waals surface area contributed by atoms with Gasteiger partial charge in [0, 0.05) is 18.5 Å². The molecule has 0 radical (unpaired) electrons. The van der Waals surface area contributed by atoms with E-state index in [2.05, 4.69) is 4.98 Å². The van der Waals surface area contributed by atoms with Crippen LogP contribution in [0, 0.1) is 10.1 Å². The summed E-state index contributed by atoms with van der Waals surface area (Å²) >= 11 is 0. The molecule has 8 heteroatoms. The molecule has 0 spiro atoms. The van der Waals surface area contributed by atoms with Gasteiger partial charge in [0.1, 0.15) is 5.75 Å². The van der Waals surface area contributed by atoms with Crippen molar-refractivity contribution < 1.29 is 18.1 Å². The summed E-state index contributed by atoms with van der Waals surface area (Å²) in [6.45, 7) is 0. The second kappa shape index (κ2) is 5.25. The van der Waals surface area contributed by atoms with Crippen LogP contribution in [0.2, 0.25) is 0 Å². The van der Waals surface area contributed by atoms with E-state index in [9.17, 15) is 18.5 Å². The molecule has 0 saturated heterocycles. The van der Waals surface area contributed by atoms with Crippen LogP contribution in [0.25, 0.3) is 0 Å². The molecule has 1 aromatic heterocycles. The fraction of sp³-hybridized carbons (Fsp3) is 0.0833. The predicted molar refractivity (Wildman–Crippen MR) is 70.5 cm³/mol. The smallest absolute Gasteiger partial charge is 0.331 e. The molecular weight excluding hydrogens is 284 g/mol. The SMILES string of the molecule is CS(=O)(=O)c1cccc(Oc2ncccc2[N+](=O)[O-])c1. The first-order valence-corrected chi connectivity index (χ1v) is 7.34. The minimum absolute atomic E-state index is 0.0635. The molecule has 0 unspecified atom stereocenters. The number of rotatable bonds is 4. The van der Waals surface area contributed by atoms with E-state index in [4.69, 9.17) is 4.74 Å². The number of nitrogens with zero attached hydrogens (tertiary/aromatic N) is 2. The van der Waals surface area contributed by atoms with Crippen molar-refractivity contribution in [3.8, 4) is 11.6 Å². The average molecular weight is 294 g/mol. The summed E-state index contributed by atoms with van der Waals surface area (Å²) in [5.74, 6) is -0.0297. The molecule has 1 heterocycles. The molecule has 2 rings (SSSR count). The third kappa shape index (κ3) is 3.09. The Labute approximate surface area is 114 Å². The largest absolute Gasteiger partial charge is 0.434 e. The number of nitro groups is 1. The first kappa shape index (κ1) is 13.9. The Bertz CT molecular complexity index is 758. The molecule has 0 fully saturated rings. The van der Waals surface area contributed by atoms with Gasteiger partial charge in [-0.1, -0.05) is 6.07 Å². The van der Waals surface area contributed by atoms with Crippen LogP contribution in [0.3, 0.4) is 0 Å². The van der Waals surface area contributed by atoms with Gasteiger partial charge >= 0.3 is 5.69 Å². The average Bonchev–Trinajstić information content (AvgIpc) is 2.38. The Morgan fingerprint density at radius 1 is 1.25 bits per heavy atom. The molecule has 2 aromatic rings. The zero-order valence-corrected chi connectivity index (χ0v) is 11.2. The molecule has 0 aliphatic rings. The number of hydrogen-bond donors (Lipinski definition) is 0. The number of ether oxygens (including phenoxy) is 1. The van der Waals surface area contributed by atoms with Gasteiger partial charge in [-0.25, -0.2) is 13.4 Å². The van der Waals surface area contributed by atoms with Crippen LogP contribution in [0.4, 0.5) is 5.69 Å². The maximum atomic E-state index is 11.4. The van der Waals surface area contributed by atoms with Crippen molar-refractivity contribution in [2.24, 2.45) is 0 Å². The van der Waals surface area contributed by atoms with Crippen LogP contribution in [-0.2, 0) is 9.84 Å². The Hall–Kier alpha value is -2.48. The first-order chi connectivity index (χ1) is 9.38. The monoisotopic (exact) mass is 294 g/mol. The topological polar surface area (TPSA) is 99.4 Å². The fourth-order valence-corrected chi connectivity index (χ4v) is 2.14. The van der Waals surface area contributed by atoms with Gasteiger partial charge in [0.2, 0.25) is 0 Å². The minimum Gasteiger partial charge on any atom is -0.434 e. The lowest BCUT2D eigenvalue weighted by atomic mass is 10.3. The molecule has 0 aliphatic carbocycles. The maximum absolute atomic E-state index is 11.4. The number of aromatic nitrogens is 1. The van der Waals surface area contributed by atoms with Crippen molar-refractivity contribution >= 4 is 15.5 Å². The molecule has 104 valence electrons. The summed E-state index contributed by atoms with van der Waals surface area (Å²) < 4.78 is 28.2. The molecule has 1 aromatic carbocycles. The Morgan fingerprint density at radius 3 is 2.65 bits per heavy atom. The molecule has 20 heavy (non-hydrogen) atoms. The normalized spacial score (nSPS) is 11.1. The molecule has 0 N–H and O–H groups in total. The van der Waals surface area contributed by atoms with E-state index in [1.807, 2.05) is 0 Å². The van der Waals surface area contributed by atoms with Crippen molar-refractivity contribution in [3.63, 3.8) is 0 Å². The molecule has 0 aliphatic heterocycles. The summed E-state index contributed by atoms with van der Waals surface area (Å²) in [7, 11) is -3.38. The molecule has 7 nitrogen and oxygen atoms in total. The Balaban J connectivity index is 2.39. The highest BCUT2D eigenvalue weighted by molar-refractivity contribution is 7.90. The van der Waals surface area contributed by atoms with E-state index < -0.39 is 14.8 Å². The van der Waals surface area contributed by atoms with Gasteiger partial charge in [-0.05, 0) is 24.3 Å². The van der Waals surface area contributed by atoms with Gasteiger partial charge in [-0.2, -0.15) is 0 Å². The van der Waals surface area contributed by atoms with Crippen molar-refractivity contribution in [2.75, 3.05) is 6.26 Å². The maximum Gasteiger partial charge on any atom is 0.331 e. The summed E-state index contributed by atoms with van der Waals surface area (Å²) in [6, 6.07) is 8.34. The van der Waals surface area contributed by atoms with E-state index in [-0.39, 0.29) is 22.2 Å². The minimum atomic E-state index is -3.38.